The molecule has 0 bridgehead atoms. The van der Waals surface area contributed by atoms with Crippen molar-refractivity contribution >= 4 is 40.3 Å². The van der Waals surface area contributed by atoms with E-state index in [1.807, 2.05) is 24.3 Å². The van der Waals surface area contributed by atoms with Crippen LogP contribution in [0.2, 0.25) is 5.02 Å². The molecule has 0 saturated carbocycles. The minimum Gasteiger partial charge on any atom is -0.497 e. The zero-order valence-electron chi connectivity index (χ0n) is 15.6. The number of rotatable bonds is 7. The van der Waals surface area contributed by atoms with E-state index in [2.05, 4.69) is 20.6 Å². The SMILES string of the molecule is COc1cccc(Nc2ncnc(Nc3cc(Cl)c(OC)cc3OC)c2N)c1. The number of benzene rings is 2. The molecule has 0 spiro atoms. The Morgan fingerprint density at radius 2 is 1.61 bits per heavy atom. The molecular formula is C19H20ClN5O3. The van der Waals surface area contributed by atoms with E-state index in [0.717, 1.165) is 5.69 Å². The summed E-state index contributed by atoms with van der Waals surface area (Å²) in [7, 11) is 4.69. The first kappa shape index (κ1) is 19.4. The summed E-state index contributed by atoms with van der Waals surface area (Å²) in [6, 6.07) is 10.8. The number of halogens is 1. The average Bonchev–Trinajstić information content (AvgIpc) is 2.71. The van der Waals surface area contributed by atoms with Crippen LogP contribution in [0.5, 0.6) is 17.2 Å². The van der Waals surface area contributed by atoms with E-state index < -0.39 is 0 Å². The van der Waals surface area contributed by atoms with Gasteiger partial charge < -0.3 is 30.6 Å². The first-order valence-electron chi connectivity index (χ1n) is 8.25. The van der Waals surface area contributed by atoms with E-state index in [9.17, 15) is 0 Å². The van der Waals surface area contributed by atoms with Gasteiger partial charge in [-0.3, -0.25) is 0 Å². The normalized spacial score (nSPS) is 10.3. The smallest absolute Gasteiger partial charge is 0.159 e. The lowest BCUT2D eigenvalue weighted by Crippen LogP contribution is -2.06. The van der Waals surface area contributed by atoms with Crippen LogP contribution in [0.1, 0.15) is 0 Å². The molecule has 8 nitrogen and oxygen atoms in total. The second-order valence-corrected chi connectivity index (χ2v) is 6.06. The summed E-state index contributed by atoms with van der Waals surface area (Å²) in [6.07, 6.45) is 1.40. The van der Waals surface area contributed by atoms with Gasteiger partial charge in [-0.1, -0.05) is 17.7 Å². The van der Waals surface area contributed by atoms with E-state index in [0.29, 0.717) is 45.3 Å². The minimum atomic E-state index is 0.333. The van der Waals surface area contributed by atoms with Crippen LogP contribution in [-0.2, 0) is 0 Å². The molecule has 0 amide bonds. The van der Waals surface area contributed by atoms with Gasteiger partial charge in [-0.05, 0) is 18.2 Å². The fourth-order valence-electron chi connectivity index (χ4n) is 2.52. The highest BCUT2D eigenvalue weighted by atomic mass is 35.5. The largest absolute Gasteiger partial charge is 0.497 e. The Labute approximate surface area is 167 Å². The summed E-state index contributed by atoms with van der Waals surface area (Å²) in [6.45, 7) is 0. The standard InChI is InChI=1S/C19H20ClN5O3/c1-26-12-6-4-5-11(7-12)24-18-17(21)19(23-10-22-18)25-14-8-13(20)15(27-2)9-16(14)28-3/h4-10H,21H2,1-3H3,(H2,22,23,24,25). The lowest BCUT2D eigenvalue weighted by molar-refractivity contribution is 0.396. The van der Waals surface area contributed by atoms with Gasteiger partial charge in [-0.25, -0.2) is 9.97 Å². The molecule has 4 N–H and O–H groups in total. The second-order valence-electron chi connectivity index (χ2n) is 5.65. The van der Waals surface area contributed by atoms with E-state index in [-0.39, 0.29) is 0 Å². The summed E-state index contributed by atoms with van der Waals surface area (Å²) in [5, 5.41) is 6.71. The van der Waals surface area contributed by atoms with Crippen molar-refractivity contribution in [3.63, 3.8) is 0 Å². The van der Waals surface area contributed by atoms with Crippen molar-refractivity contribution in [1.29, 1.82) is 0 Å². The van der Waals surface area contributed by atoms with E-state index in [4.69, 9.17) is 31.5 Å². The van der Waals surface area contributed by atoms with Crippen LogP contribution < -0.4 is 30.6 Å². The molecule has 28 heavy (non-hydrogen) atoms. The van der Waals surface area contributed by atoms with Crippen molar-refractivity contribution in [3.05, 3.63) is 47.7 Å². The molecule has 146 valence electrons. The monoisotopic (exact) mass is 401 g/mol. The number of nitrogen functional groups attached to an aromatic ring is 1. The van der Waals surface area contributed by atoms with Gasteiger partial charge >= 0.3 is 0 Å². The molecule has 2 aromatic carbocycles. The predicted molar refractivity (Wildman–Crippen MR) is 111 cm³/mol. The van der Waals surface area contributed by atoms with Crippen LogP contribution >= 0.6 is 11.6 Å². The van der Waals surface area contributed by atoms with Crippen molar-refractivity contribution in [2.75, 3.05) is 37.7 Å². The molecule has 9 heteroatoms. The van der Waals surface area contributed by atoms with Crippen LogP contribution in [0, 0.1) is 0 Å². The number of methoxy groups -OCH3 is 3. The molecule has 0 saturated heterocycles. The van der Waals surface area contributed by atoms with Crippen LogP contribution in [0.25, 0.3) is 0 Å². The number of nitrogens with zero attached hydrogens (tertiary/aromatic N) is 2. The number of ether oxygens (including phenoxy) is 3. The maximum Gasteiger partial charge on any atom is 0.159 e. The first-order chi connectivity index (χ1) is 13.5. The van der Waals surface area contributed by atoms with Crippen LogP contribution in [-0.4, -0.2) is 31.3 Å². The highest BCUT2D eigenvalue weighted by Gasteiger charge is 2.14. The second kappa shape index (κ2) is 8.53. The maximum atomic E-state index is 6.26. The minimum absolute atomic E-state index is 0.333. The molecule has 0 fully saturated rings. The molecule has 0 aliphatic rings. The quantitative estimate of drug-likeness (QED) is 0.540. The van der Waals surface area contributed by atoms with Gasteiger partial charge in [0.2, 0.25) is 0 Å². The van der Waals surface area contributed by atoms with Gasteiger partial charge in [0, 0.05) is 17.8 Å². The van der Waals surface area contributed by atoms with Gasteiger partial charge in [0.1, 0.15) is 29.3 Å². The van der Waals surface area contributed by atoms with Crippen molar-refractivity contribution in [3.8, 4) is 17.2 Å². The van der Waals surface area contributed by atoms with Gasteiger partial charge in [0.15, 0.2) is 11.6 Å². The van der Waals surface area contributed by atoms with Gasteiger partial charge in [-0.2, -0.15) is 0 Å². The third kappa shape index (κ3) is 4.12. The lowest BCUT2D eigenvalue weighted by Gasteiger charge is -2.16. The Kier molecular flexibility index (Phi) is 5.90. The number of aromatic nitrogens is 2. The third-order valence-electron chi connectivity index (χ3n) is 3.94. The fraction of sp³-hybridized carbons (Fsp3) is 0.158. The third-order valence-corrected chi connectivity index (χ3v) is 4.24. The highest BCUT2D eigenvalue weighted by molar-refractivity contribution is 6.32. The lowest BCUT2D eigenvalue weighted by atomic mass is 10.2. The number of nitrogens with two attached hydrogens (primary N) is 1. The molecular weight excluding hydrogens is 382 g/mol. The summed E-state index contributed by atoms with van der Waals surface area (Å²) in [4.78, 5) is 8.43. The van der Waals surface area contributed by atoms with Gasteiger partial charge in [0.05, 0.1) is 32.0 Å². The van der Waals surface area contributed by atoms with E-state index >= 15 is 0 Å². The topological polar surface area (TPSA) is 104 Å². The van der Waals surface area contributed by atoms with Crippen molar-refractivity contribution in [1.82, 2.24) is 9.97 Å². The zero-order chi connectivity index (χ0) is 20.1. The fourth-order valence-corrected chi connectivity index (χ4v) is 2.76. The average molecular weight is 402 g/mol. The molecule has 3 aromatic rings. The Balaban J connectivity index is 1.90. The Morgan fingerprint density at radius 1 is 0.893 bits per heavy atom. The van der Waals surface area contributed by atoms with Crippen LogP contribution in [0.3, 0.4) is 0 Å². The molecule has 1 heterocycles. The number of anilines is 5. The van der Waals surface area contributed by atoms with Crippen LogP contribution in [0.15, 0.2) is 42.7 Å². The number of nitrogens with one attached hydrogen (secondary N) is 2. The number of hydrogen-bond acceptors (Lipinski definition) is 8. The summed E-state index contributed by atoms with van der Waals surface area (Å²) in [5.74, 6) is 2.60. The summed E-state index contributed by atoms with van der Waals surface area (Å²) < 4.78 is 15.8. The summed E-state index contributed by atoms with van der Waals surface area (Å²) >= 11 is 6.22. The molecule has 0 aliphatic heterocycles. The Hall–Kier alpha value is -3.39. The van der Waals surface area contributed by atoms with E-state index in [1.54, 1.807) is 26.4 Å². The van der Waals surface area contributed by atoms with E-state index in [1.165, 1.54) is 13.4 Å². The Bertz CT molecular complexity index is 984. The molecule has 0 unspecified atom stereocenters. The molecule has 0 aliphatic carbocycles. The number of hydrogen-bond donors (Lipinski definition) is 3. The highest BCUT2D eigenvalue weighted by Crippen LogP contribution is 2.38. The maximum absolute atomic E-state index is 6.26. The van der Waals surface area contributed by atoms with Gasteiger partial charge in [-0.15, -0.1) is 0 Å². The predicted octanol–water partition coefficient (Wildman–Crippen LogP) is 4.23. The van der Waals surface area contributed by atoms with Crippen molar-refractivity contribution in [2.45, 2.75) is 0 Å². The van der Waals surface area contributed by atoms with Crippen LogP contribution in [0.4, 0.5) is 28.7 Å². The first-order valence-corrected chi connectivity index (χ1v) is 8.63. The van der Waals surface area contributed by atoms with Gasteiger partial charge in [0.25, 0.3) is 0 Å². The summed E-state index contributed by atoms with van der Waals surface area (Å²) in [5.41, 5.74) is 7.96. The zero-order valence-corrected chi connectivity index (χ0v) is 16.4. The molecule has 1 aromatic heterocycles. The molecule has 0 atom stereocenters. The van der Waals surface area contributed by atoms with Crippen molar-refractivity contribution in [2.24, 2.45) is 0 Å². The molecule has 0 radical (unpaired) electrons. The molecule has 3 rings (SSSR count). The Morgan fingerprint density at radius 3 is 2.29 bits per heavy atom. The van der Waals surface area contributed by atoms with Crippen molar-refractivity contribution < 1.29 is 14.2 Å².